The Morgan fingerprint density at radius 1 is 0.833 bits per heavy atom. The van der Waals surface area contributed by atoms with Crippen LogP contribution in [0.3, 0.4) is 0 Å². The third-order valence-corrected chi connectivity index (χ3v) is 4.43. The van der Waals surface area contributed by atoms with Gasteiger partial charge in [-0.1, -0.05) is 0 Å². The lowest BCUT2D eigenvalue weighted by Crippen LogP contribution is -2.13. The molecular formula is C9H9NO6P2. The molecule has 0 aliphatic carbocycles. The second-order valence-corrected chi connectivity index (χ2v) is 6.75. The lowest BCUT2D eigenvalue weighted by atomic mass is 10.2. The Labute approximate surface area is 101 Å². The minimum absolute atomic E-state index is 0.0339. The van der Waals surface area contributed by atoms with Crippen molar-refractivity contribution in [2.24, 2.45) is 0 Å². The van der Waals surface area contributed by atoms with Gasteiger partial charge >= 0.3 is 15.2 Å². The summed E-state index contributed by atoms with van der Waals surface area (Å²) in [6.45, 7) is 0. The largest absolute Gasteiger partial charge is 0.356 e. The molecule has 2 rings (SSSR count). The van der Waals surface area contributed by atoms with Crippen LogP contribution in [0.4, 0.5) is 0 Å². The van der Waals surface area contributed by atoms with Crippen LogP contribution in [0.2, 0.25) is 0 Å². The monoisotopic (exact) mass is 289 g/mol. The molecule has 0 spiro atoms. The zero-order valence-electron chi connectivity index (χ0n) is 8.83. The van der Waals surface area contributed by atoms with Crippen LogP contribution in [0.5, 0.6) is 0 Å². The molecule has 4 N–H and O–H groups in total. The van der Waals surface area contributed by atoms with E-state index in [2.05, 4.69) is 4.98 Å². The average Bonchev–Trinajstić information content (AvgIpc) is 2.24. The van der Waals surface area contributed by atoms with E-state index in [4.69, 9.17) is 9.79 Å². The lowest BCUT2D eigenvalue weighted by Gasteiger charge is -2.12. The summed E-state index contributed by atoms with van der Waals surface area (Å²) >= 11 is 0. The highest BCUT2D eigenvalue weighted by Gasteiger charge is 2.26. The minimum atomic E-state index is -4.53. The Balaban J connectivity index is 2.92. The summed E-state index contributed by atoms with van der Waals surface area (Å²) in [4.78, 5) is 40.4. The van der Waals surface area contributed by atoms with Crippen LogP contribution in [0.1, 0.15) is 0 Å². The van der Waals surface area contributed by atoms with Gasteiger partial charge in [0.1, 0.15) is 0 Å². The van der Waals surface area contributed by atoms with Gasteiger partial charge in [-0.15, -0.1) is 0 Å². The van der Waals surface area contributed by atoms with Gasteiger partial charge in [0.2, 0.25) is 0 Å². The van der Waals surface area contributed by atoms with Crippen LogP contribution in [-0.4, -0.2) is 24.6 Å². The first kappa shape index (κ1) is 13.4. The normalized spacial score (nSPS) is 12.9. The Morgan fingerprint density at radius 3 is 1.83 bits per heavy atom. The van der Waals surface area contributed by atoms with Crippen molar-refractivity contribution in [1.29, 1.82) is 0 Å². The van der Waals surface area contributed by atoms with E-state index >= 15 is 0 Å². The average molecular weight is 289 g/mol. The zero-order chi connectivity index (χ0) is 13.6. The quantitative estimate of drug-likeness (QED) is 0.565. The molecule has 0 atom stereocenters. The number of rotatable bonds is 2. The van der Waals surface area contributed by atoms with Gasteiger partial charge in [-0.05, 0) is 18.2 Å². The van der Waals surface area contributed by atoms with E-state index in [0.717, 1.165) is 12.1 Å². The molecule has 0 bridgehead atoms. The molecule has 9 heteroatoms. The Kier molecular flexibility index (Phi) is 3.15. The van der Waals surface area contributed by atoms with E-state index in [-0.39, 0.29) is 21.4 Å². The molecule has 1 aromatic carbocycles. The smallest absolute Gasteiger partial charge is 0.321 e. The minimum Gasteiger partial charge on any atom is -0.321 e. The van der Waals surface area contributed by atoms with Crippen molar-refractivity contribution in [3.63, 3.8) is 0 Å². The Bertz CT molecular complexity index is 643. The number of pyridine rings is 1. The van der Waals surface area contributed by atoms with Crippen molar-refractivity contribution >= 4 is 36.6 Å². The molecule has 1 heterocycles. The molecule has 0 amide bonds. The van der Waals surface area contributed by atoms with E-state index in [0.29, 0.717) is 0 Å². The molecule has 0 saturated carbocycles. The highest BCUT2D eigenvalue weighted by atomic mass is 31.2. The van der Waals surface area contributed by atoms with Gasteiger partial charge in [-0.3, -0.25) is 14.1 Å². The van der Waals surface area contributed by atoms with Crippen molar-refractivity contribution in [1.82, 2.24) is 4.98 Å². The summed E-state index contributed by atoms with van der Waals surface area (Å²) in [6, 6.07) is 3.35. The number of benzene rings is 1. The number of hydrogen-bond acceptors (Lipinski definition) is 3. The van der Waals surface area contributed by atoms with Crippen LogP contribution in [0, 0.1) is 0 Å². The van der Waals surface area contributed by atoms with Crippen molar-refractivity contribution in [3.8, 4) is 0 Å². The van der Waals surface area contributed by atoms with Crippen molar-refractivity contribution in [2.45, 2.75) is 0 Å². The maximum absolute atomic E-state index is 11.3. The second-order valence-electron chi connectivity index (χ2n) is 3.61. The molecular weight excluding hydrogens is 280 g/mol. The van der Waals surface area contributed by atoms with E-state index < -0.39 is 15.2 Å². The molecule has 0 aliphatic rings. The van der Waals surface area contributed by atoms with Gasteiger partial charge in [-0.25, -0.2) is 0 Å². The molecule has 0 saturated heterocycles. The third-order valence-electron chi connectivity index (χ3n) is 2.40. The summed E-state index contributed by atoms with van der Waals surface area (Å²) in [5.41, 5.74) is 0. The molecule has 0 fully saturated rings. The predicted molar refractivity (Wildman–Crippen MR) is 65.1 cm³/mol. The predicted octanol–water partition coefficient (Wildman–Crippen LogP) is -0.159. The Morgan fingerprint density at radius 2 is 1.33 bits per heavy atom. The molecule has 18 heavy (non-hydrogen) atoms. The third kappa shape index (κ3) is 2.37. The van der Waals surface area contributed by atoms with Crippen molar-refractivity contribution in [2.75, 3.05) is 0 Å². The Hall–Kier alpha value is -1.07. The number of hydrogen-bond donors (Lipinski definition) is 4. The zero-order valence-corrected chi connectivity index (χ0v) is 10.6. The van der Waals surface area contributed by atoms with Gasteiger partial charge < -0.3 is 19.6 Å². The molecule has 2 aromatic rings. The van der Waals surface area contributed by atoms with Crippen molar-refractivity contribution in [3.05, 3.63) is 30.6 Å². The van der Waals surface area contributed by atoms with E-state index in [1.54, 1.807) is 0 Å². The highest BCUT2D eigenvalue weighted by molar-refractivity contribution is 7.62. The first-order valence-corrected chi connectivity index (χ1v) is 7.92. The van der Waals surface area contributed by atoms with E-state index in [1.807, 2.05) is 0 Å². The van der Waals surface area contributed by atoms with Gasteiger partial charge in [0.25, 0.3) is 0 Å². The van der Waals surface area contributed by atoms with Crippen LogP contribution < -0.4 is 10.6 Å². The standard InChI is InChI=1S/C9H9NO6P2/c11-17(12,13)8-1-2-9(18(14,15)16)7-5-10-4-3-6(7)8/h1-5H,(H2,11,12,13)(H2,14,15,16). The fourth-order valence-electron chi connectivity index (χ4n) is 1.67. The first-order chi connectivity index (χ1) is 8.21. The maximum atomic E-state index is 11.3. The van der Waals surface area contributed by atoms with Crippen molar-refractivity contribution < 1.29 is 28.7 Å². The van der Waals surface area contributed by atoms with Gasteiger partial charge in [-0.2, -0.15) is 0 Å². The summed E-state index contributed by atoms with van der Waals surface area (Å²) in [7, 11) is -9.05. The number of fused-ring (bicyclic) bond motifs is 1. The second kappa shape index (κ2) is 4.24. The van der Waals surface area contributed by atoms with E-state index in [9.17, 15) is 18.9 Å². The van der Waals surface area contributed by atoms with Crippen LogP contribution in [0.25, 0.3) is 10.8 Å². The van der Waals surface area contributed by atoms with Gasteiger partial charge in [0, 0.05) is 23.2 Å². The maximum Gasteiger partial charge on any atom is 0.356 e. The SMILES string of the molecule is O=P(O)(O)c1ccc(P(=O)(O)O)c2cnccc12. The van der Waals surface area contributed by atoms with E-state index in [1.165, 1.54) is 18.5 Å². The summed E-state index contributed by atoms with van der Waals surface area (Å²) in [6.07, 6.45) is 2.47. The summed E-state index contributed by atoms with van der Waals surface area (Å²) in [5, 5.41) is -0.467. The van der Waals surface area contributed by atoms with Gasteiger partial charge in [0.15, 0.2) is 0 Å². The van der Waals surface area contributed by atoms with Gasteiger partial charge in [0.05, 0.1) is 10.6 Å². The molecule has 1 aromatic heterocycles. The van der Waals surface area contributed by atoms with Crippen LogP contribution in [0.15, 0.2) is 30.6 Å². The molecule has 0 unspecified atom stereocenters. The van der Waals surface area contributed by atoms with Crippen LogP contribution >= 0.6 is 15.2 Å². The lowest BCUT2D eigenvalue weighted by molar-refractivity contribution is 0.385. The molecule has 96 valence electrons. The number of nitrogens with zero attached hydrogens (tertiary/aromatic N) is 1. The molecule has 0 aliphatic heterocycles. The molecule has 7 nitrogen and oxygen atoms in total. The summed E-state index contributed by atoms with van der Waals surface area (Å²) in [5.74, 6) is 0. The highest BCUT2D eigenvalue weighted by Crippen LogP contribution is 2.40. The number of aromatic nitrogens is 1. The summed E-state index contributed by atoms with van der Waals surface area (Å²) < 4.78 is 22.6. The fraction of sp³-hybridized carbons (Fsp3) is 0. The first-order valence-electron chi connectivity index (χ1n) is 4.70. The topological polar surface area (TPSA) is 128 Å². The van der Waals surface area contributed by atoms with Crippen LogP contribution in [-0.2, 0) is 9.13 Å². The fourth-order valence-corrected chi connectivity index (χ4v) is 3.21. The molecule has 0 radical (unpaired) electrons.